The number of carbonyl (C=O) groups is 2. The minimum atomic E-state index is -0.795. The van der Waals surface area contributed by atoms with E-state index in [2.05, 4.69) is 36.7 Å². The summed E-state index contributed by atoms with van der Waals surface area (Å²) in [7, 11) is 0. The Hall–Kier alpha value is -4.23. The maximum absolute atomic E-state index is 12.1. The van der Waals surface area contributed by atoms with Crippen LogP contribution in [-0.4, -0.2) is 38.3 Å². The van der Waals surface area contributed by atoms with Crippen molar-refractivity contribution >= 4 is 52.3 Å². The normalized spacial score (nSPS) is 10.1. The van der Waals surface area contributed by atoms with Crippen LogP contribution in [0, 0.1) is 10.1 Å². The minimum Gasteiger partial charge on any atom is -0.482 e. The maximum atomic E-state index is 12.1. The van der Waals surface area contributed by atoms with Crippen molar-refractivity contribution in [2.45, 2.75) is 0 Å². The molecule has 1 aromatic carbocycles. The summed E-state index contributed by atoms with van der Waals surface area (Å²) in [6.07, 6.45) is 3.79. The molecule has 0 aliphatic carbocycles. The molecule has 33 heavy (non-hydrogen) atoms. The third-order valence-electron chi connectivity index (χ3n) is 3.80. The Kier molecular flexibility index (Phi) is 7.73. The zero-order valence-electron chi connectivity index (χ0n) is 16.4. The molecule has 3 aromatic rings. The minimum absolute atomic E-state index is 0.207. The number of nitrogens with zero attached hydrogens (tertiary/aromatic N) is 4. The average Bonchev–Trinajstić information content (AvgIpc) is 2.81. The number of carbonyl (C=O) groups excluding carboxylic acids is 2. The van der Waals surface area contributed by atoms with Crippen LogP contribution < -0.4 is 26.4 Å². The molecule has 0 atom stereocenters. The summed E-state index contributed by atoms with van der Waals surface area (Å²) in [5.74, 6) is -1.73. The lowest BCUT2D eigenvalue weighted by Gasteiger charge is -2.12. The number of halogens is 2. The first-order valence-electron chi connectivity index (χ1n) is 8.93. The van der Waals surface area contributed by atoms with Gasteiger partial charge in [0.1, 0.15) is 12.1 Å². The molecule has 2 aromatic heterocycles. The molecule has 3 rings (SSSR count). The number of pyridine rings is 1. The lowest BCUT2D eigenvalue weighted by Crippen LogP contribution is -2.34. The number of nitro groups is 1. The molecule has 0 fully saturated rings. The van der Waals surface area contributed by atoms with Crippen LogP contribution in [0.3, 0.4) is 0 Å². The molecule has 15 heteroatoms. The Morgan fingerprint density at radius 2 is 1.82 bits per heavy atom. The molecule has 2 amide bonds. The van der Waals surface area contributed by atoms with Crippen molar-refractivity contribution in [3.05, 3.63) is 74.8 Å². The van der Waals surface area contributed by atoms with Crippen LogP contribution in [0.25, 0.3) is 0 Å². The van der Waals surface area contributed by atoms with Gasteiger partial charge in [0.25, 0.3) is 11.8 Å². The van der Waals surface area contributed by atoms with E-state index in [9.17, 15) is 19.7 Å². The first-order chi connectivity index (χ1) is 15.8. The Morgan fingerprint density at radius 3 is 2.45 bits per heavy atom. The number of hydrogen-bond acceptors (Lipinski definition) is 10. The molecule has 0 bridgehead atoms. The molecule has 2 heterocycles. The number of aromatic nitrogens is 3. The highest BCUT2D eigenvalue weighted by atomic mass is 35.5. The summed E-state index contributed by atoms with van der Waals surface area (Å²) in [6, 6.07) is 7.52. The van der Waals surface area contributed by atoms with Gasteiger partial charge in [0.15, 0.2) is 6.61 Å². The lowest BCUT2D eigenvalue weighted by molar-refractivity contribution is -0.383. The number of amides is 2. The maximum Gasteiger partial charge on any atom is 0.356 e. The van der Waals surface area contributed by atoms with Gasteiger partial charge in [-0.1, -0.05) is 23.2 Å². The quantitative estimate of drug-likeness (QED) is 0.256. The number of hydrogen-bond donors (Lipinski definition) is 4. The molecular formula is C18H14Cl2N8O5. The van der Waals surface area contributed by atoms with Crippen molar-refractivity contribution in [2.75, 3.05) is 17.5 Å². The highest BCUT2D eigenvalue weighted by Gasteiger charge is 2.24. The molecule has 170 valence electrons. The third kappa shape index (κ3) is 6.38. The number of benzene rings is 1. The zero-order chi connectivity index (χ0) is 23.8. The van der Waals surface area contributed by atoms with Gasteiger partial charge in [-0.2, -0.15) is 0 Å². The van der Waals surface area contributed by atoms with Gasteiger partial charge in [-0.25, -0.2) is 9.97 Å². The smallest absolute Gasteiger partial charge is 0.356 e. The van der Waals surface area contributed by atoms with Crippen LogP contribution in [0.4, 0.5) is 17.3 Å². The topological polar surface area (TPSA) is 173 Å². The van der Waals surface area contributed by atoms with Crippen molar-refractivity contribution in [1.29, 1.82) is 0 Å². The molecule has 0 aliphatic heterocycles. The first-order valence-corrected chi connectivity index (χ1v) is 9.69. The summed E-state index contributed by atoms with van der Waals surface area (Å²) in [5.41, 5.74) is 8.74. The van der Waals surface area contributed by atoms with Crippen molar-refractivity contribution in [2.24, 2.45) is 0 Å². The van der Waals surface area contributed by atoms with E-state index in [1.807, 2.05) is 0 Å². The molecule has 0 spiro atoms. The van der Waals surface area contributed by atoms with Crippen molar-refractivity contribution in [3.63, 3.8) is 0 Å². The fraction of sp³-hybridized carbons (Fsp3) is 0.0556. The van der Waals surface area contributed by atoms with Gasteiger partial charge in [-0.15, -0.1) is 0 Å². The summed E-state index contributed by atoms with van der Waals surface area (Å²) in [5, 5.41) is 12.1. The van der Waals surface area contributed by atoms with Crippen LogP contribution in [0.15, 0.2) is 49.1 Å². The highest BCUT2D eigenvalue weighted by Crippen LogP contribution is 2.28. The monoisotopic (exact) mass is 492 g/mol. The van der Waals surface area contributed by atoms with E-state index in [0.717, 1.165) is 6.33 Å². The number of hydrazine groups is 2. The van der Waals surface area contributed by atoms with Crippen molar-refractivity contribution in [1.82, 2.24) is 25.8 Å². The van der Waals surface area contributed by atoms with Crippen LogP contribution in [0.5, 0.6) is 5.75 Å². The lowest BCUT2D eigenvalue weighted by atomic mass is 10.3. The third-order valence-corrected chi connectivity index (χ3v) is 4.33. The molecule has 0 saturated heterocycles. The second-order valence-electron chi connectivity index (χ2n) is 6.03. The predicted molar refractivity (Wildman–Crippen MR) is 118 cm³/mol. The largest absolute Gasteiger partial charge is 0.482 e. The number of nitrogens with one attached hydrogen (secondary N) is 4. The van der Waals surface area contributed by atoms with Gasteiger partial charge in [-0.3, -0.25) is 46.4 Å². The second-order valence-corrected chi connectivity index (χ2v) is 6.88. The second kappa shape index (κ2) is 10.9. The van der Waals surface area contributed by atoms with Gasteiger partial charge in [-0.05, 0) is 30.3 Å². The van der Waals surface area contributed by atoms with Gasteiger partial charge in [0.05, 0.1) is 15.5 Å². The Bertz CT molecular complexity index is 1180. The molecule has 0 aliphatic rings. The van der Waals surface area contributed by atoms with E-state index in [1.165, 1.54) is 36.7 Å². The van der Waals surface area contributed by atoms with E-state index in [-0.39, 0.29) is 28.0 Å². The van der Waals surface area contributed by atoms with Gasteiger partial charge in [0, 0.05) is 17.4 Å². The summed E-state index contributed by atoms with van der Waals surface area (Å²) in [6.45, 7) is -0.459. The van der Waals surface area contributed by atoms with Crippen molar-refractivity contribution < 1.29 is 19.2 Å². The summed E-state index contributed by atoms with van der Waals surface area (Å²) in [4.78, 5) is 46.2. The molecule has 4 N–H and O–H groups in total. The SMILES string of the molecule is O=C(COc1ccc(Cl)cc1Cl)NNc1ncnc(NNC(=O)c2cccnc2)c1[N+](=O)[O-]. The van der Waals surface area contributed by atoms with Gasteiger partial charge >= 0.3 is 5.69 Å². The molecule has 0 unspecified atom stereocenters. The van der Waals surface area contributed by atoms with Crippen molar-refractivity contribution in [3.8, 4) is 5.75 Å². The van der Waals surface area contributed by atoms with E-state index in [0.29, 0.717) is 5.02 Å². The Balaban J connectivity index is 1.62. The molecule has 0 radical (unpaired) electrons. The fourth-order valence-corrected chi connectivity index (χ4v) is 2.78. The van der Waals surface area contributed by atoms with E-state index >= 15 is 0 Å². The summed E-state index contributed by atoms with van der Waals surface area (Å²) >= 11 is 11.8. The van der Waals surface area contributed by atoms with Gasteiger partial charge < -0.3 is 4.74 Å². The number of anilines is 2. The molecule has 0 saturated carbocycles. The van der Waals surface area contributed by atoms with Crippen LogP contribution in [-0.2, 0) is 4.79 Å². The summed E-state index contributed by atoms with van der Waals surface area (Å²) < 4.78 is 5.28. The number of ether oxygens (including phenoxy) is 1. The first kappa shape index (κ1) is 23.4. The fourth-order valence-electron chi connectivity index (χ4n) is 2.32. The molecular weight excluding hydrogens is 479 g/mol. The van der Waals surface area contributed by atoms with E-state index < -0.39 is 29.0 Å². The predicted octanol–water partition coefficient (Wildman–Crippen LogP) is 2.37. The van der Waals surface area contributed by atoms with Gasteiger partial charge in [0.2, 0.25) is 11.6 Å². The average molecular weight is 493 g/mol. The zero-order valence-corrected chi connectivity index (χ0v) is 17.9. The Labute approximate surface area is 195 Å². The number of rotatable bonds is 9. The van der Waals surface area contributed by atoms with E-state index in [1.54, 1.807) is 6.07 Å². The Morgan fingerprint density at radius 1 is 1.09 bits per heavy atom. The standard InChI is InChI=1S/C18H14Cl2N8O5/c19-11-3-4-13(12(20)6-11)33-8-14(29)24-25-16-15(28(31)32)17(23-9-22-16)26-27-18(30)10-2-1-5-21-7-10/h1-7,9H,8H2,(H,24,29)(H,27,30)(H2,22,23,25,26). The van der Waals surface area contributed by atoms with E-state index in [4.69, 9.17) is 27.9 Å². The highest BCUT2D eigenvalue weighted by molar-refractivity contribution is 6.35. The van der Waals surface area contributed by atoms with Crippen LogP contribution in [0.2, 0.25) is 10.0 Å². The van der Waals surface area contributed by atoms with Crippen LogP contribution >= 0.6 is 23.2 Å². The van der Waals surface area contributed by atoms with Crippen LogP contribution in [0.1, 0.15) is 10.4 Å². The molecule has 13 nitrogen and oxygen atoms in total.